The predicted molar refractivity (Wildman–Crippen MR) is 115 cm³/mol. The van der Waals surface area contributed by atoms with Crippen LogP contribution in [0.4, 0.5) is 5.82 Å². The summed E-state index contributed by atoms with van der Waals surface area (Å²) < 4.78 is 0.990. The smallest absolute Gasteiger partial charge is 0.333 e. The van der Waals surface area contributed by atoms with E-state index < -0.39 is 11.2 Å². The molecule has 9 heteroatoms. The number of H-pyrrole nitrogens is 1. The predicted octanol–water partition coefficient (Wildman–Crippen LogP) is 0.767. The van der Waals surface area contributed by atoms with Crippen LogP contribution in [-0.2, 0) is 12.8 Å². The van der Waals surface area contributed by atoms with Gasteiger partial charge in [-0.15, -0.1) is 5.10 Å². The summed E-state index contributed by atoms with van der Waals surface area (Å²) in [5.41, 5.74) is 1.53. The summed E-state index contributed by atoms with van der Waals surface area (Å²) in [5.74, 6) is 0.453. The average Bonchev–Trinajstić information content (AvgIpc) is 3.28. The van der Waals surface area contributed by atoms with Gasteiger partial charge in [-0.2, -0.15) is 5.10 Å². The Morgan fingerprint density at radius 1 is 0.968 bits per heavy atom. The van der Waals surface area contributed by atoms with Gasteiger partial charge in [0.25, 0.3) is 11.5 Å². The fourth-order valence-corrected chi connectivity index (χ4v) is 4.22. The maximum absolute atomic E-state index is 13.1. The lowest BCUT2D eigenvalue weighted by atomic mass is 10.2. The number of hydrogen-bond donors (Lipinski definition) is 1. The third-order valence-corrected chi connectivity index (χ3v) is 5.92. The van der Waals surface area contributed by atoms with Gasteiger partial charge in [-0.05, 0) is 43.0 Å². The molecule has 158 valence electrons. The number of para-hydroxylation sites is 1. The quantitative estimate of drug-likeness (QED) is 0.674. The maximum Gasteiger partial charge on any atom is 0.333 e. The number of carbonyl (C=O) groups excluding carboxylic acids is 1. The van der Waals surface area contributed by atoms with Gasteiger partial charge in [-0.25, -0.2) is 9.36 Å². The van der Waals surface area contributed by atoms with Crippen LogP contribution in [0.25, 0.3) is 5.69 Å². The molecule has 1 amide bonds. The molecule has 0 radical (unpaired) electrons. The highest BCUT2D eigenvalue weighted by molar-refractivity contribution is 5.93. The number of piperazine rings is 1. The molecule has 0 spiro atoms. The lowest BCUT2D eigenvalue weighted by Gasteiger charge is -2.35. The van der Waals surface area contributed by atoms with Gasteiger partial charge in [-0.3, -0.25) is 9.59 Å². The molecule has 1 aliphatic carbocycles. The van der Waals surface area contributed by atoms with E-state index >= 15 is 0 Å². The first-order valence-corrected chi connectivity index (χ1v) is 10.4. The SMILES string of the molecule is O=C(c1c[nH]c(=O)n(-c2ccccc2)c1=O)N1CCN(c2cc3c(nn2)CCC3)CC1. The molecule has 0 bridgehead atoms. The van der Waals surface area contributed by atoms with Gasteiger partial charge in [0, 0.05) is 32.4 Å². The van der Waals surface area contributed by atoms with Gasteiger partial charge < -0.3 is 14.8 Å². The lowest BCUT2D eigenvalue weighted by Crippen LogP contribution is -2.50. The van der Waals surface area contributed by atoms with Crippen LogP contribution in [-0.4, -0.2) is 56.7 Å². The Morgan fingerprint density at radius 3 is 2.52 bits per heavy atom. The Balaban J connectivity index is 1.34. The van der Waals surface area contributed by atoms with Crippen molar-refractivity contribution in [1.82, 2.24) is 24.6 Å². The molecule has 1 saturated heterocycles. The molecule has 1 aromatic carbocycles. The summed E-state index contributed by atoms with van der Waals surface area (Å²) in [7, 11) is 0. The zero-order valence-corrected chi connectivity index (χ0v) is 17.0. The Labute approximate surface area is 178 Å². The number of nitrogens with zero attached hydrogens (tertiary/aromatic N) is 5. The third-order valence-electron chi connectivity index (χ3n) is 5.92. The van der Waals surface area contributed by atoms with Crippen molar-refractivity contribution in [3.05, 3.63) is 80.3 Å². The number of carbonyl (C=O) groups is 1. The van der Waals surface area contributed by atoms with Crippen LogP contribution < -0.4 is 16.1 Å². The zero-order chi connectivity index (χ0) is 21.4. The fourth-order valence-electron chi connectivity index (χ4n) is 4.22. The standard InChI is InChI=1S/C22H22N6O3/c29-20(17-14-23-22(31)28(21(17)30)16-6-2-1-3-7-16)27-11-9-26(10-12-27)19-13-15-5-4-8-18(15)24-25-19/h1-3,6-7,13-14H,4-5,8-12H2,(H,23,31). The Bertz CT molecular complexity index is 1240. The first-order chi connectivity index (χ1) is 15.1. The molecule has 0 atom stereocenters. The molecular formula is C22H22N6O3. The molecule has 9 nitrogen and oxygen atoms in total. The van der Waals surface area contributed by atoms with Crippen molar-refractivity contribution >= 4 is 11.7 Å². The highest BCUT2D eigenvalue weighted by Crippen LogP contribution is 2.23. The highest BCUT2D eigenvalue weighted by Gasteiger charge is 2.26. The van der Waals surface area contributed by atoms with Gasteiger partial charge in [0.05, 0.1) is 11.4 Å². The van der Waals surface area contributed by atoms with Crippen molar-refractivity contribution in [3.8, 4) is 5.69 Å². The first-order valence-electron chi connectivity index (χ1n) is 10.4. The van der Waals surface area contributed by atoms with Gasteiger partial charge in [0.15, 0.2) is 5.82 Å². The van der Waals surface area contributed by atoms with Crippen LogP contribution in [0, 0.1) is 0 Å². The average molecular weight is 418 g/mol. The summed E-state index contributed by atoms with van der Waals surface area (Å²) in [6, 6.07) is 10.7. The molecular weight excluding hydrogens is 396 g/mol. The number of amides is 1. The van der Waals surface area contributed by atoms with E-state index in [4.69, 9.17) is 0 Å². The van der Waals surface area contributed by atoms with Crippen LogP contribution >= 0.6 is 0 Å². The molecule has 0 unspecified atom stereocenters. The summed E-state index contributed by atoms with van der Waals surface area (Å²) >= 11 is 0. The first kappa shape index (κ1) is 19.2. The number of aromatic amines is 1. The van der Waals surface area contributed by atoms with Crippen molar-refractivity contribution in [3.63, 3.8) is 0 Å². The van der Waals surface area contributed by atoms with E-state index in [1.165, 1.54) is 11.8 Å². The van der Waals surface area contributed by atoms with E-state index in [0.29, 0.717) is 31.9 Å². The van der Waals surface area contributed by atoms with Crippen molar-refractivity contribution in [2.24, 2.45) is 0 Å². The van der Waals surface area contributed by atoms with E-state index in [0.717, 1.165) is 35.3 Å². The summed E-state index contributed by atoms with van der Waals surface area (Å²) in [5, 5.41) is 8.69. The molecule has 31 heavy (non-hydrogen) atoms. The number of anilines is 1. The molecule has 0 saturated carbocycles. The minimum Gasteiger partial charge on any atom is -0.352 e. The van der Waals surface area contributed by atoms with Crippen LogP contribution in [0.1, 0.15) is 28.0 Å². The van der Waals surface area contributed by atoms with Crippen molar-refractivity contribution in [2.45, 2.75) is 19.3 Å². The van der Waals surface area contributed by atoms with Crippen molar-refractivity contribution in [2.75, 3.05) is 31.1 Å². The van der Waals surface area contributed by atoms with Crippen LogP contribution in [0.3, 0.4) is 0 Å². The Hall–Kier alpha value is -3.75. The van der Waals surface area contributed by atoms with E-state index in [2.05, 4.69) is 26.1 Å². The number of nitrogens with one attached hydrogen (secondary N) is 1. The summed E-state index contributed by atoms with van der Waals surface area (Å²) in [6.07, 6.45) is 4.36. The number of fused-ring (bicyclic) bond motifs is 1. The Kier molecular flexibility index (Phi) is 4.85. The molecule has 1 N–H and O–H groups in total. The minimum atomic E-state index is -0.619. The van der Waals surface area contributed by atoms with E-state index in [-0.39, 0.29) is 11.5 Å². The van der Waals surface area contributed by atoms with Crippen LogP contribution in [0.2, 0.25) is 0 Å². The number of benzene rings is 1. The number of aromatic nitrogens is 4. The van der Waals surface area contributed by atoms with E-state index in [9.17, 15) is 14.4 Å². The normalized spacial score (nSPS) is 15.7. The maximum atomic E-state index is 13.1. The van der Waals surface area contributed by atoms with Crippen LogP contribution in [0.15, 0.2) is 52.2 Å². The summed E-state index contributed by atoms with van der Waals surface area (Å²) in [4.78, 5) is 44.5. The van der Waals surface area contributed by atoms with Gasteiger partial charge in [-0.1, -0.05) is 18.2 Å². The Morgan fingerprint density at radius 2 is 1.74 bits per heavy atom. The lowest BCUT2D eigenvalue weighted by molar-refractivity contribution is 0.0743. The number of hydrogen-bond acceptors (Lipinski definition) is 6. The van der Waals surface area contributed by atoms with Crippen molar-refractivity contribution < 1.29 is 4.79 Å². The molecule has 2 aromatic heterocycles. The van der Waals surface area contributed by atoms with Gasteiger partial charge >= 0.3 is 5.69 Å². The number of rotatable bonds is 3. The molecule has 1 aliphatic heterocycles. The molecule has 3 aromatic rings. The second kappa shape index (κ2) is 7.82. The van der Waals surface area contributed by atoms with Gasteiger partial charge in [0.2, 0.25) is 0 Å². The second-order valence-corrected chi connectivity index (χ2v) is 7.79. The monoisotopic (exact) mass is 418 g/mol. The topological polar surface area (TPSA) is 104 Å². The zero-order valence-electron chi connectivity index (χ0n) is 17.0. The molecule has 5 rings (SSSR count). The molecule has 1 fully saturated rings. The highest BCUT2D eigenvalue weighted by atomic mass is 16.2. The second-order valence-electron chi connectivity index (χ2n) is 7.79. The minimum absolute atomic E-state index is 0.0470. The largest absolute Gasteiger partial charge is 0.352 e. The van der Waals surface area contributed by atoms with E-state index in [1.54, 1.807) is 35.2 Å². The van der Waals surface area contributed by atoms with Gasteiger partial charge in [0.1, 0.15) is 5.56 Å². The third kappa shape index (κ3) is 3.52. The van der Waals surface area contributed by atoms with E-state index in [1.807, 2.05) is 0 Å². The van der Waals surface area contributed by atoms with Crippen molar-refractivity contribution in [1.29, 1.82) is 0 Å². The fraction of sp³-hybridized carbons (Fsp3) is 0.318. The number of aryl methyl sites for hydroxylation is 2. The molecule has 2 aliphatic rings. The summed E-state index contributed by atoms with van der Waals surface area (Å²) in [6.45, 7) is 2.13. The molecule has 3 heterocycles. The van der Waals surface area contributed by atoms with Crippen LogP contribution in [0.5, 0.6) is 0 Å².